The molecule has 3 aliphatic carbocycles. The summed E-state index contributed by atoms with van der Waals surface area (Å²) in [5, 5.41) is 0. The van der Waals surface area contributed by atoms with Gasteiger partial charge in [-0.1, -0.05) is 43.7 Å². The van der Waals surface area contributed by atoms with E-state index in [1.807, 2.05) is 19.1 Å². The predicted molar refractivity (Wildman–Crippen MR) is 84.4 cm³/mol. The molecule has 0 aromatic heterocycles. The number of aryl methyl sites for hydroxylation is 1. The molecule has 4 rings (SSSR count). The molecule has 3 saturated carbocycles. The standard InChI is InChI=1S/C17H23NO2S/c1-11-5-7-14(8-6-11)21(19,20)18-16-10-13-9-15(12(16)2)17(13,3)4/h5-8,13,15-16,18H,2,9-10H2,1,3-4H3/t13?,15?,16-/m0/s1. The maximum Gasteiger partial charge on any atom is 0.241 e. The summed E-state index contributed by atoms with van der Waals surface area (Å²) < 4.78 is 27.8. The van der Waals surface area contributed by atoms with Crippen LogP contribution in [-0.2, 0) is 10.0 Å². The van der Waals surface area contributed by atoms with Gasteiger partial charge in [0.1, 0.15) is 0 Å². The Balaban J connectivity index is 1.78. The Bertz CT molecular complexity index is 673. The number of rotatable bonds is 3. The molecule has 1 aromatic carbocycles. The molecule has 114 valence electrons. The number of fused-ring (bicyclic) bond motifs is 2. The number of hydrogen-bond donors (Lipinski definition) is 1. The Kier molecular flexibility index (Phi) is 3.30. The highest BCUT2D eigenvalue weighted by Gasteiger charge is 2.55. The van der Waals surface area contributed by atoms with Gasteiger partial charge >= 0.3 is 0 Å². The molecule has 0 radical (unpaired) electrons. The minimum Gasteiger partial charge on any atom is -0.207 e. The predicted octanol–water partition coefficient (Wildman–Crippen LogP) is 3.26. The van der Waals surface area contributed by atoms with E-state index in [-0.39, 0.29) is 11.5 Å². The maximum atomic E-state index is 12.5. The van der Waals surface area contributed by atoms with Gasteiger partial charge < -0.3 is 0 Å². The van der Waals surface area contributed by atoms with Crippen LogP contribution in [0.1, 0.15) is 32.3 Å². The van der Waals surface area contributed by atoms with Crippen molar-refractivity contribution in [3.63, 3.8) is 0 Å². The first-order valence-corrected chi connectivity index (χ1v) is 8.98. The van der Waals surface area contributed by atoms with Gasteiger partial charge in [0.15, 0.2) is 0 Å². The van der Waals surface area contributed by atoms with Gasteiger partial charge in [-0.05, 0) is 49.1 Å². The van der Waals surface area contributed by atoms with Crippen LogP contribution < -0.4 is 4.72 Å². The quantitative estimate of drug-likeness (QED) is 0.871. The molecule has 1 aromatic rings. The van der Waals surface area contributed by atoms with Crippen LogP contribution in [0, 0.1) is 24.2 Å². The second-order valence-corrected chi connectivity index (χ2v) is 8.82. The van der Waals surface area contributed by atoms with Crippen LogP contribution in [0.25, 0.3) is 0 Å². The van der Waals surface area contributed by atoms with Crippen LogP contribution in [0.2, 0.25) is 0 Å². The largest absolute Gasteiger partial charge is 0.241 e. The molecule has 21 heavy (non-hydrogen) atoms. The third-order valence-electron chi connectivity index (χ3n) is 5.51. The Morgan fingerprint density at radius 3 is 2.33 bits per heavy atom. The molecule has 0 saturated heterocycles. The molecule has 3 atom stereocenters. The number of hydrogen-bond acceptors (Lipinski definition) is 2. The molecule has 3 fully saturated rings. The Labute approximate surface area is 127 Å². The fourth-order valence-corrected chi connectivity index (χ4v) is 5.07. The first-order chi connectivity index (χ1) is 9.72. The van der Waals surface area contributed by atoms with E-state index in [9.17, 15) is 8.42 Å². The fraction of sp³-hybridized carbons (Fsp3) is 0.529. The zero-order valence-corrected chi connectivity index (χ0v) is 13.7. The van der Waals surface area contributed by atoms with Gasteiger partial charge in [-0.2, -0.15) is 0 Å². The molecule has 2 bridgehead atoms. The average molecular weight is 305 g/mol. The highest BCUT2D eigenvalue weighted by Crippen LogP contribution is 2.60. The van der Waals surface area contributed by atoms with Gasteiger partial charge in [-0.3, -0.25) is 0 Å². The smallest absolute Gasteiger partial charge is 0.207 e. The highest BCUT2D eigenvalue weighted by molar-refractivity contribution is 7.89. The second-order valence-electron chi connectivity index (χ2n) is 7.10. The number of sulfonamides is 1. The molecule has 0 heterocycles. The summed E-state index contributed by atoms with van der Waals surface area (Å²) >= 11 is 0. The Hall–Kier alpha value is -1.13. The van der Waals surface area contributed by atoms with Gasteiger partial charge in [-0.25, -0.2) is 13.1 Å². The van der Waals surface area contributed by atoms with Gasteiger partial charge in [-0.15, -0.1) is 0 Å². The summed E-state index contributed by atoms with van der Waals surface area (Å²) in [4.78, 5) is 0.333. The maximum absolute atomic E-state index is 12.5. The lowest BCUT2D eigenvalue weighted by atomic mass is 9.46. The van der Waals surface area contributed by atoms with Crippen LogP contribution in [0.5, 0.6) is 0 Å². The molecule has 2 unspecified atom stereocenters. The topological polar surface area (TPSA) is 46.2 Å². The molecule has 0 amide bonds. The third kappa shape index (κ3) is 2.34. The van der Waals surface area contributed by atoms with E-state index in [1.54, 1.807) is 12.1 Å². The Morgan fingerprint density at radius 2 is 1.81 bits per heavy atom. The molecule has 4 heteroatoms. The SMILES string of the molecule is C=C1C2CC(C[C@@H]1NS(=O)(=O)c1ccc(C)cc1)C2(C)C. The van der Waals surface area contributed by atoms with Crippen molar-refractivity contribution in [2.24, 2.45) is 17.3 Å². The molecular weight excluding hydrogens is 282 g/mol. The van der Waals surface area contributed by atoms with E-state index >= 15 is 0 Å². The molecule has 0 aliphatic heterocycles. The van der Waals surface area contributed by atoms with Crippen LogP contribution in [0.3, 0.4) is 0 Å². The van der Waals surface area contributed by atoms with Crippen molar-refractivity contribution in [1.82, 2.24) is 4.72 Å². The average Bonchev–Trinajstić information content (AvgIpc) is 2.40. The van der Waals surface area contributed by atoms with Crippen molar-refractivity contribution in [1.29, 1.82) is 0 Å². The molecule has 0 spiro atoms. The number of benzene rings is 1. The minimum absolute atomic E-state index is 0.118. The minimum atomic E-state index is -3.46. The lowest BCUT2D eigenvalue weighted by Crippen LogP contribution is -2.57. The van der Waals surface area contributed by atoms with Gasteiger partial charge in [0, 0.05) is 6.04 Å². The van der Waals surface area contributed by atoms with E-state index in [1.165, 1.54) is 0 Å². The molecule has 1 N–H and O–H groups in total. The van der Waals surface area contributed by atoms with Crippen LogP contribution in [0.15, 0.2) is 41.3 Å². The third-order valence-corrected chi connectivity index (χ3v) is 7.00. The van der Waals surface area contributed by atoms with Crippen molar-refractivity contribution < 1.29 is 8.42 Å². The molecular formula is C17H23NO2S. The second kappa shape index (κ2) is 4.68. The summed E-state index contributed by atoms with van der Waals surface area (Å²) in [5.74, 6) is 1.04. The van der Waals surface area contributed by atoms with Crippen LogP contribution >= 0.6 is 0 Å². The summed E-state index contributed by atoms with van der Waals surface area (Å²) in [7, 11) is -3.46. The summed E-state index contributed by atoms with van der Waals surface area (Å²) in [5.41, 5.74) is 2.39. The first kappa shape index (κ1) is 14.8. The van der Waals surface area contributed by atoms with E-state index in [2.05, 4.69) is 25.1 Å². The number of nitrogens with one attached hydrogen (secondary N) is 1. The Morgan fingerprint density at radius 1 is 1.19 bits per heavy atom. The summed E-state index contributed by atoms with van der Waals surface area (Å²) in [6.07, 6.45) is 2.03. The lowest BCUT2D eigenvalue weighted by molar-refractivity contribution is -0.0356. The van der Waals surface area contributed by atoms with Crippen molar-refractivity contribution in [3.8, 4) is 0 Å². The van der Waals surface area contributed by atoms with E-state index in [4.69, 9.17) is 0 Å². The summed E-state index contributed by atoms with van der Waals surface area (Å²) in [6.45, 7) is 10.7. The van der Waals surface area contributed by atoms with Gasteiger partial charge in [0.2, 0.25) is 10.0 Å². The van der Waals surface area contributed by atoms with Gasteiger partial charge in [0.25, 0.3) is 0 Å². The highest BCUT2D eigenvalue weighted by atomic mass is 32.2. The summed E-state index contributed by atoms with van der Waals surface area (Å²) in [6, 6.07) is 6.85. The monoisotopic (exact) mass is 305 g/mol. The molecule has 3 nitrogen and oxygen atoms in total. The van der Waals surface area contributed by atoms with Crippen LogP contribution in [-0.4, -0.2) is 14.5 Å². The lowest BCUT2D eigenvalue weighted by Gasteiger charge is -2.59. The van der Waals surface area contributed by atoms with Crippen molar-refractivity contribution in [3.05, 3.63) is 42.0 Å². The van der Waals surface area contributed by atoms with Crippen molar-refractivity contribution in [2.75, 3.05) is 0 Å². The fourth-order valence-electron chi connectivity index (χ4n) is 3.82. The zero-order valence-electron chi connectivity index (χ0n) is 12.9. The molecule has 3 aliphatic rings. The van der Waals surface area contributed by atoms with Crippen LogP contribution in [0.4, 0.5) is 0 Å². The zero-order chi connectivity index (χ0) is 15.4. The normalized spacial score (nSPS) is 30.8. The van der Waals surface area contributed by atoms with E-state index in [0.29, 0.717) is 16.7 Å². The van der Waals surface area contributed by atoms with Crippen molar-refractivity contribution >= 4 is 10.0 Å². The van der Waals surface area contributed by atoms with E-state index < -0.39 is 10.0 Å². The van der Waals surface area contributed by atoms with Gasteiger partial charge in [0.05, 0.1) is 4.90 Å². The first-order valence-electron chi connectivity index (χ1n) is 7.49. The van der Waals surface area contributed by atoms with Crippen molar-refractivity contribution in [2.45, 2.75) is 44.6 Å². The van der Waals surface area contributed by atoms with E-state index in [0.717, 1.165) is 24.0 Å².